The van der Waals surface area contributed by atoms with Crippen LogP contribution in [0.5, 0.6) is 0 Å². The number of aromatic nitrogens is 1. The topological polar surface area (TPSA) is 8.17 Å². The molecule has 0 unspecified atom stereocenters. The van der Waals surface area contributed by atoms with Crippen molar-refractivity contribution in [2.75, 3.05) is 4.90 Å². The van der Waals surface area contributed by atoms with Crippen LogP contribution in [0.4, 0.5) is 17.1 Å². The summed E-state index contributed by atoms with van der Waals surface area (Å²) in [7, 11) is 0. The van der Waals surface area contributed by atoms with E-state index in [1.807, 2.05) is 0 Å². The van der Waals surface area contributed by atoms with Gasteiger partial charge >= 0.3 is 0 Å². The van der Waals surface area contributed by atoms with Gasteiger partial charge in [0.1, 0.15) is 0 Å². The molecule has 0 aliphatic heterocycles. The zero-order valence-corrected chi connectivity index (χ0v) is 33.0. The van der Waals surface area contributed by atoms with E-state index < -0.39 is 0 Å². The van der Waals surface area contributed by atoms with Crippen LogP contribution >= 0.6 is 0 Å². The van der Waals surface area contributed by atoms with Crippen LogP contribution in [0, 0.1) is 0 Å². The molecule has 2 heteroatoms. The second-order valence-corrected chi connectivity index (χ2v) is 15.3. The van der Waals surface area contributed by atoms with Crippen LogP contribution in [0.15, 0.2) is 243 Å². The van der Waals surface area contributed by atoms with Gasteiger partial charge in [0.15, 0.2) is 0 Å². The smallest absolute Gasteiger partial charge is 0.0561 e. The molecule has 0 aliphatic rings. The summed E-state index contributed by atoms with van der Waals surface area (Å²) in [5, 5.41) is 4.93. The molecule has 0 aliphatic carbocycles. The molecule has 10 aromatic carbocycles. The third kappa shape index (κ3) is 6.23. The van der Waals surface area contributed by atoms with Crippen LogP contribution < -0.4 is 4.90 Å². The first kappa shape index (κ1) is 35.2. The van der Waals surface area contributed by atoms with E-state index in [-0.39, 0.29) is 0 Å². The third-order valence-corrected chi connectivity index (χ3v) is 11.8. The summed E-state index contributed by atoms with van der Waals surface area (Å²) >= 11 is 0. The molecule has 60 heavy (non-hydrogen) atoms. The van der Waals surface area contributed by atoms with Crippen molar-refractivity contribution in [1.82, 2.24) is 4.57 Å². The van der Waals surface area contributed by atoms with Gasteiger partial charge in [-0.2, -0.15) is 0 Å². The van der Waals surface area contributed by atoms with Gasteiger partial charge in [0.25, 0.3) is 0 Å². The van der Waals surface area contributed by atoms with Gasteiger partial charge in [0, 0.05) is 33.4 Å². The fourth-order valence-corrected chi connectivity index (χ4v) is 9.01. The summed E-state index contributed by atoms with van der Waals surface area (Å²) in [5.41, 5.74) is 16.2. The number of hydrogen-bond acceptors (Lipinski definition) is 1. The van der Waals surface area contributed by atoms with Gasteiger partial charge in [-0.1, -0.05) is 188 Å². The Balaban J connectivity index is 1.15. The molecule has 11 aromatic rings. The lowest BCUT2D eigenvalue weighted by molar-refractivity contribution is 1.18. The molecule has 0 saturated heterocycles. The third-order valence-electron chi connectivity index (χ3n) is 11.8. The van der Waals surface area contributed by atoms with Gasteiger partial charge in [0.05, 0.1) is 16.7 Å². The number of anilines is 3. The van der Waals surface area contributed by atoms with Crippen LogP contribution in [0.2, 0.25) is 0 Å². The van der Waals surface area contributed by atoms with E-state index in [0.717, 1.165) is 39.4 Å². The van der Waals surface area contributed by atoms with Gasteiger partial charge in [0.2, 0.25) is 0 Å². The van der Waals surface area contributed by atoms with E-state index in [0.29, 0.717) is 0 Å². The van der Waals surface area contributed by atoms with Gasteiger partial charge in [-0.25, -0.2) is 0 Å². The number of rotatable bonds is 8. The highest BCUT2D eigenvalue weighted by Crippen LogP contribution is 2.47. The zero-order chi connectivity index (χ0) is 39.8. The van der Waals surface area contributed by atoms with Crippen molar-refractivity contribution in [3.05, 3.63) is 243 Å². The van der Waals surface area contributed by atoms with E-state index >= 15 is 0 Å². The van der Waals surface area contributed by atoms with E-state index in [1.165, 1.54) is 60.4 Å². The van der Waals surface area contributed by atoms with Crippen LogP contribution in [-0.2, 0) is 0 Å². The molecule has 1 heterocycles. The fourth-order valence-electron chi connectivity index (χ4n) is 9.01. The summed E-state index contributed by atoms with van der Waals surface area (Å²) < 4.78 is 2.40. The number of para-hydroxylation sites is 3. The van der Waals surface area contributed by atoms with Crippen LogP contribution in [0.1, 0.15) is 0 Å². The zero-order valence-electron chi connectivity index (χ0n) is 33.0. The van der Waals surface area contributed by atoms with Crippen molar-refractivity contribution in [1.29, 1.82) is 0 Å². The molecular formula is C58H40N2. The van der Waals surface area contributed by atoms with Crippen molar-refractivity contribution >= 4 is 49.6 Å². The predicted molar refractivity (Wildman–Crippen MR) is 255 cm³/mol. The van der Waals surface area contributed by atoms with Crippen LogP contribution in [0.25, 0.3) is 82.8 Å². The highest BCUT2D eigenvalue weighted by atomic mass is 15.1. The predicted octanol–water partition coefficient (Wildman–Crippen LogP) is 16.1. The molecule has 0 spiro atoms. The van der Waals surface area contributed by atoms with E-state index in [9.17, 15) is 0 Å². The second kappa shape index (κ2) is 15.1. The molecule has 0 atom stereocenters. The lowest BCUT2D eigenvalue weighted by Crippen LogP contribution is -2.11. The van der Waals surface area contributed by atoms with Gasteiger partial charge < -0.3 is 9.47 Å². The van der Waals surface area contributed by atoms with Gasteiger partial charge in [-0.15, -0.1) is 0 Å². The quantitative estimate of drug-likeness (QED) is 0.150. The van der Waals surface area contributed by atoms with Crippen LogP contribution in [-0.4, -0.2) is 4.57 Å². The van der Waals surface area contributed by atoms with Crippen molar-refractivity contribution in [3.63, 3.8) is 0 Å². The van der Waals surface area contributed by atoms with E-state index in [1.54, 1.807) is 0 Å². The maximum Gasteiger partial charge on any atom is 0.0561 e. The van der Waals surface area contributed by atoms with Crippen molar-refractivity contribution < 1.29 is 0 Å². The minimum atomic E-state index is 1.08. The Morgan fingerprint density at radius 1 is 0.283 bits per heavy atom. The SMILES string of the molecule is c1ccc(-c2ccccc2-c2ccccc2-c2ccccc2N(c2cccc(-c3ccc4ccccc4c3)c2)c2ccc3c4ccccc4n(-c4ccccc4)c3c2)cc1. The monoisotopic (exact) mass is 764 g/mol. The Kier molecular flexibility index (Phi) is 8.87. The van der Waals surface area contributed by atoms with Gasteiger partial charge in [-0.3, -0.25) is 0 Å². The highest BCUT2D eigenvalue weighted by molar-refractivity contribution is 6.10. The minimum Gasteiger partial charge on any atom is -0.310 e. The Hall–Kier alpha value is -7.94. The summed E-state index contributed by atoms with van der Waals surface area (Å²) in [5.74, 6) is 0. The Labute approximate surface area is 350 Å². The summed E-state index contributed by atoms with van der Waals surface area (Å²) in [6.07, 6.45) is 0. The first-order chi connectivity index (χ1) is 29.8. The standard InChI is InChI=1S/C58H40N2/c1-3-19-42(20-4-1)49-26-9-10-27-50(49)51-28-11-12-29-52(51)53-30-13-15-32-56(53)59(47-25-17-22-44(39-47)45-35-34-41-18-7-8-21-43(41)38-45)48-36-37-55-54-31-14-16-33-57(54)60(58(55)40-48)46-23-5-2-6-24-46/h1-40H. The lowest BCUT2D eigenvalue weighted by Gasteiger charge is -2.29. The molecule has 2 nitrogen and oxygen atoms in total. The van der Waals surface area contributed by atoms with Crippen LogP contribution in [0.3, 0.4) is 0 Å². The maximum atomic E-state index is 2.45. The Morgan fingerprint density at radius 3 is 1.63 bits per heavy atom. The first-order valence-electron chi connectivity index (χ1n) is 20.6. The second-order valence-electron chi connectivity index (χ2n) is 15.3. The number of benzene rings is 10. The van der Waals surface area contributed by atoms with Crippen molar-refractivity contribution in [3.8, 4) is 50.2 Å². The normalized spacial score (nSPS) is 11.3. The Morgan fingerprint density at radius 2 is 0.833 bits per heavy atom. The fraction of sp³-hybridized carbons (Fsp3) is 0. The molecule has 0 radical (unpaired) electrons. The van der Waals surface area contributed by atoms with Gasteiger partial charge in [-0.05, 0) is 104 Å². The molecule has 11 rings (SSSR count). The molecule has 0 saturated carbocycles. The number of hydrogen-bond donors (Lipinski definition) is 0. The van der Waals surface area contributed by atoms with Crippen molar-refractivity contribution in [2.45, 2.75) is 0 Å². The largest absolute Gasteiger partial charge is 0.310 e. The Bertz CT molecular complexity index is 3320. The molecule has 0 fully saturated rings. The number of fused-ring (bicyclic) bond motifs is 4. The average Bonchev–Trinajstić information content (AvgIpc) is 3.66. The summed E-state index contributed by atoms with van der Waals surface area (Å²) in [4.78, 5) is 2.45. The molecule has 0 N–H and O–H groups in total. The maximum absolute atomic E-state index is 2.45. The number of nitrogens with zero attached hydrogens (tertiary/aromatic N) is 2. The lowest BCUT2D eigenvalue weighted by atomic mass is 9.88. The van der Waals surface area contributed by atoms with E-state index in [2.05, 4.69) is 252 Å². The molecule has 0 bridgehead atoms. The van der Waals surface area contributed by atoms with E-state index in [4.69, 9.17) is 0 Å². The van der Waals surface area contributed by atoms with Crippen molar-refractivity contribution in [2.24, 2.45) is 0 Å². The first-order valence-corrected chi connectivity index (χ1v) is 20.6. The molecule has 282 valence electrons. The minimum absolute atomic E-state index is 1.08. The summed E-state index contributed by atoms with van der Waals surface area (Å²) in [6.45, 7) is 0. The highest BCUT2D eigenvalue weighted by Gasteiger charge is 2.22. The molecule has 0 amide bonds. The molecular weight excluding hydrogens is 725 g/mol. The average molecular weight is 765 g/mol. The molecule has 1 aromatic heterocycles. The summed E-state index contributed by atoms with van der Waals surface area (Å²) in [6, 6.07) is 88.0.